The summed E-state index contributed by atoms with van der Waals surface area (Å²) < 4.78 is 12.6. The van der Waals surface area contributed by atoms with Gasteiger partial charge in [-0.2, -0.15) is 0 Å². The van der Waals surface area contributed by atoms with E-state index in [1.54, 1.807) is 0 Å². The predicted molar refractivity (Wildman–Crippen MR) is 50.9 cm³/mol. The van der Waals surface area contributed by atoms with Crippen LogP contribution >= 0.6 is 0 Å². The molecule has 0 heterocycles. The standard InChI is InChI=1S/C11H14FN/c12-10-4-2-9(3-5-10)8-11(13)6-1-7-11/h2-5H,1,6-8,13H2. The highest BCUT2D eigenvalue weighted by atomic mass is 19.1. The lowest BCUT2D eigenvalue weighted by Crippen LogP contribution is -2.48. The second-order valence-corrected chi connectivity index (χ2v) is 4.02. The van der Waals surface area contributed by atoms with E-state index in [4.69, 9.17) is 5.73 Å². The van der Waals surface area contributed by atoms with E-state index in [1.807, 2.05) is 12.1 Å². The van der Waals surface area contributed by atoms with Crippen molar-refractivity contribution in [1.82, 2.24) is 0 Å². The van der Waals surface area contributed by atoms with Crippen molar-refractivity contribution in [3.8, 4) is 0 Å². The minimum Gasteiger partial charge on any atom is -0.325 e. The third-order valence-electron chi connectivity index (χ3n) is 2.82. The zero-order chi connectivity index (χ0) is 9.31. The molecule has 0 aromatic heterocycles. The van der Waals surface area contributed by atoms with Gasteiger partial charge in [-0.15, -0.1) is 0 Å². The van der Waals surface area contributed by atoms with Crippen molar-refractivity contribution in [2.24, 2.45) is 5.73 Å². The van der Waals surface area contributed by atoms with Crippen molar-refractivity contribution < 1.29 is 4.39 Å². The molecule has 1 fully saturated rings. The van der Waals surface area contributed by atoms with Gasteiger partial charge in [-0.25, -0.2) is 4.39 Å². The maximum Gasteiger partial charge on any atom is 0.123 e. The summed E-state index contributed by atoms with van der Waals surface area (Å²) in [5.41, 5.74) is 7.22. The Bertz CT molecular complexity index is 287. The van der Waals surface area contributed by atoms with Crippen molar-refractivity contribution in [3.05, 3.63) is 35.6 Å². The SMILES string of the molecule is NC1(Cc2ccc(F)cc2)CCC1. The highest BCUT2D eigenvalue weighted by Gasteiger charge is 2.32. The Labute approximate surface area is 77.8 Å². The number of benzene rings is 1. The van der Waals surface area contributed by atoms with E-state index < -0.39 is 0 Å². The van der Waals surface area contributed by atoms with Crippen molar-refractivity contribution in [1.29, 1.82) is 0 Å². The van der Waals surface area contributed by atoms with Gasteiger partial charge in [-0.3, -0.25) is 0 Å². The van der Waals surface area contributed by atoms with Crippen LogP contribution in [0.1, 0.15) is 24.8 Å². The van der Waals surface area contributed by atoms with Crippen LogP contribution in [0.4, 0.5) is 4.39 Å². The average molecular weight is 179 g/mol. The van der Waals surface area contributed by atoms with E-state index in [9.17, 15) is 4.39 Å². The maximum atomic E-state index is 12.6. The highest BCUT2D eigenvalue weighted by molar-refractivity contribution is 5.19. The highest BCUT2D eigenvalue weighted by Crippen LogP contribution is 2.32. The lowest BCUT2D eigenvalue weighted by Gasteiger charge is -2.38. The Balaban J connectivity index is 2.05. The van der Waals surface area contributed by atoms with Gasteiger partial charge in [0.15, 0.2) is 0 Å². The second-order valence-electron chi connectivity index (χ2n) is 4.02. The summed E-state index contributed by atoms with van der Waals surface area (Å²) >= 11 is 0. The lowest BCUT2D eigenvalue weighted by atomic mass is 9.74. The van der Waals surface area contributed by atoms with Gasteiger partial charge in [0.25, 0.3) is 0 Å². The number of halogens is 1. The van der Waals surface area contributed by atoms with Gasteiger partial charge in [0.2, 0.25) is 0 Å². The molecule has 1 aliphatic carbocycles. The molecule has 0 spiro atoms. The molecule has 1 saturated carbocycles. The Morgan fingerprint density at radius 3 is 2.31 bits per heavy atom. The zero-order valence-electron chi connectivity index (χ0n) is 7.59. The first-order valence-electron chi connectivity index (χ1n) is 4.71. The number of nitrogens with two attached hydrogens (primary N) is 1. The summed E-state index contributed by atoms with van der Waals surface area (Å²) in [4.78, 5) is 0. The molecular formula is C11H14FN. The molecule has 0 unspecified atom stereocenters. The van der Waals surface area contributed by atoms with Crippen LogP contribution in [0.2, 0.25) is 0 Å². The van der Waals surface area contributed by atoms with Gasteiger partial charge in [0, 0.05) is 5.54 Å². The van der Waals surface area contributed by atoms with Gasteiger partial charge in [-0.1, -0.05) is 12.1 Å². The molecule has 1 aromatic carbocycles. The van der Waals surface area contributed by atoms with Crippen LogP contribution in [0.5, 0.6) is 0 Å². The van der Waals surface area contributed by atoms with Crippen LogP contribution in [-0.4, -0.2) is 5.54 Å². The molecular weight excluding hydrogens is 165 g/mol. The monoisotopic (exact) mass is 179 g/mol. The molecule has 0 amide bonds. The fraction of sp³-hybridized carbons (Fsp3) is 0.455. The molecule has 0 saturated heterocycles. The summed E-state index contributed by atoms with van der Waals surface area (Å²) in [5, 5.41) is 0. The first kappa shape index (κ1) is 8.70. The Kier molecular flexibility index (Phi) is 2.08. The van der Waals surface area contributed by atoms with Gasteiger partial charge >= 0.3 is 0 Å². The van der Waals surface area contributed by atoms with Gasteiger partial charge in [0.05, 0.1) is 0 Å². The van der Waals surface area contributed by atoms with Gasteiger partial charge in [0.1, 0.15) is 5.82 Å². The first-order chi connectivity index (χ1) is 6.18. The summed E-state index contributed by atoms with van der Waals surface area (Å²) in [7, 11) is 0. The van der Waals surface area contributed by atoms with E-state index in [0.29, 0.717) is 0 Å². The molecule has 2 heteroatoms. The molecule has 0 radical (unpaired) electrons. The Hall–Kier alpha value is -0.890. The van der Waals surface area contributed by atoms with Crippen LogP contribution in [0, 0.1) is 5.82 Å². The van der Waals surface area contributed by atoms with E-state index in [1.165, 1.54) is 18.6 Å². The van der Waals surface area contributed by atoms with Crippen LogP contribution in [0.25, 0.3) is 0 Å². The normalized spacial score (nSPS) is 19.5. The molecule has 1 aliphatic rings. The number of hydrogen-bond acceptors (Lipinski definition) is 1. The van der Waals surface area contributed by atoms with Crippen molar-refractivity contribution >= 4 is 0 Å². The Morgan fingerprint density at radius 1 is 1.23 bits per heavy atom. The Morgan fingerprint density at radius 2 is 1.85 bits per heavy atom. The first-order valence-corrected chi connectivity index (χ1v) is 4.71. The summed E-state index contributed by atoms with van der Waals surface area (Å²) in [5.74, 6) is -0.177. The second kappa shape index (κ2) is 3.11. The minimum atomic E-state index is -0.177. The fourth-order valence-electron chi connectivity index (χ4n) is 1.82. The quantitative estimate of drug-likeness (QED) is 0.740. The molecule has 0 aliphatic heterocycles. The third-order valence-corrected chi connectivity index (χ3v) is 2.82. The van der Waals surface area contributed by atoms with E-state index in [2.05, 4.69) is 0 Å². The maximum absolute atomic E-state index is 12.6. The zero-order valence-corrected chi connectivity index (χ0v) is 7.59. The van der Waals surface area contributed by atoms with Crippen molar-refractivity contribution in [2.45, 2.75) is 31.2 Å². The number of hydrogen-bond donors (Lipinski definition) is 1. The summed E-state index contributed by atoms with van der Waals surface area (Å²) in [6.45, 7) is 0. The molecule has 2 rings (SSSR count). The van der Waals surface area contributed by atoms with E-state index >= 15 is 0 Å². The molecule has 1 nitrogen and oxygen atoms in total. The molecule has 0 atom stereocenters. The third kappa shape index (κ3) is 1.89. The smallest absolute Gasteiger partial charge is 0.123 e. The summed E-state index contributed by atoms with van der Waals surface area (Å²) in [6, 6.07) is 6.64. The topological polar surface area (TPSA) is 26.0 Å². The number of rotatable bonds is 2. The van der Waals surface area contributed by atoms with Gasteiger partial charge in [-0.05, 0) is 43.4 Å². The van der Waals surface area contributed by atoms with Crippen molar-refractivity contribution in [2.75, 3.05) is 0 Å². The molecule has 0 bridgehead atoms. The molecule has 1 aromatic rings. The predicted octanol–water partition coefficient (Wildman–Crippen LogP) is 2.25. The van der Waals surface area contributed by atoms with Gasteiger partial charge < -0.3 is 5.73 Å². The molecule has 2 N–H and O–H groups in total. The minimum absolute atomic E-state index is 0.00215. The molecule has 70 valence electrons. The average Bonchev–Trinajstić information content (AvgIpc) is 2.06. The summed E-state index contributed by atoms with van der Waals surface area (Å²) in [6.07, 6.45) is 4.32. The van der Waals surface area contributed by atoms with E-state index in [-0.39, 0.29) is 11.4 Å². The lowest BCUT2D eigenvalue weighted by molar-refractivity contribution is 0.247. The van der Waals surface area contributed by atoms with Crippen LogP contribution in [0.3, 0.4) is 0 Å². The largest absolute Gasteiger partial charge is 0.325 e. The fourth-order valence-corrected chi connectivity index (χ4v) is 1.82. The van der Waals surface area contributed by atoms with Crippen LogP contribution in [-0.2, 0) is 6.42 Å². The van der Waals surface area contributed by atoms with Crippen molar-refractivity contribution in [3.63, 3.8) is 0 Å². The van der Waals surface area contributed by atoms with Crippen LogP contribution in [0.15, 0.2) is 24.3 Å². The van der Waals surface area contributed by atoms with E-state index in [0.717, 1.165) is 24.8 Å². The van der Waals surface area contributed by atoms with Crippen LogP contribution < -0.4 is 5.73 Å². The molecule has 13 heavy (non-hydrogen) atoms.